The Kier molecular flexibility index (Phi) is 5.04. The van der Waals surface area contributed by atoms with Crippen LogP contribution in [0.5, 0.6) is 0 Å². The second kappa shape index (κ2) is 7.40. The van der Waals surface area contributed by atoms with Crippen molar-refractivity contribution in [2.75, 3.05) is 0 Å². The molecular formula is C25H34FN3O2. The van der Waals surface area contributed by atoms with Gasteiger partial charge < -0.3 is 5.11 Å². The fourth-order valence-corrected chi connectivity index (χ4v) is 8.31. The number of aliphatic hydroxyl groups is 1. The summed E-state index contributed by atoms with van der Waals surface area (Å²) in [5.41, 5.74) is -0.443. The van der Waals surface area contributed by atoms with E-state index in [2.05, 4.69) is 12.0 Å². The molecule has 0 amide bonds. The predicted octanol–water partition coefficient (Wildman–Crippen LogP) is 4.29. The molecule has 1 N–H and O–H groups in total. The van der Waals surface area contributed by atoms with Crippen molar-refractivity contribution in [2.24, 2.45) is 40.9 Å². The van der Waals surface area contributed by atoms with Crippen LogP contribution < -0.4 is 0 Å². The van der Waals surface area contributed by atoms with Crippen LogP contribution in [0.25, 0.3) is 0 Å². The molecule has 0 aliphatic heterocycles. The molecule has 0 saturated heterocycles. The summed E-state index contributed by atoms with van der Waals surface area (Å²) in [4.78, 5) is 13.3. The standard InChI is InChI=1S/C25H34FN3O2/c1-24(31)8-5-17-16-6-9-25(2)20(18(16)11-22(26)19(17)12-24)3-4-21(25)23(30)14-29-10-7-15(13-27)28-29/h7,10,16-22,31H,3-6,8-9,11-12,14H2,1-2H3/t16-,17-,18-,19-,20+,21-,22-,24-,25+/m1/s1. The molecule has 1 aromatic rings. The SMILES string of the molecule is C[C@@]1(O)CC[C@@H]2[C@H]3CC[C@]4(C)[C@@H](C(=O)Cn5ccc(C#N)n5)CC[C@H]4[C@@H]3C[C@@H](F)[C@@H]2C1. The number of nitriles is 1. The van der Waals surface area contributed by atoms with E-state index in [0.29, 0.717) is 42.2 Å². The molecule has 4 aliphatic rings. The highest BCUT2D eigenvalue weighted by Gasteiger charge is 2.60. The van der Waals surface area contributed by atoms with Gasteiger partial charge in [0.05, 0.1) is 12.1 Å². The molecule has 0 bridgehead atoms. The van der Waals surface area contributed by atoms with Crippen molar-refractivity contribution in [1.82, 2.24) is 9.78 Å². The highest BCUT2D eigenvalue weighted by Crippen LogP contribution is 2.65. The molecule has 0 aromatic carbocycles. The molecule has 4 saturated carbocycles. The number of nitrogens with zero attached hydrogens (tertiary/aromatic N) is 3. The number of aromatic nitrogens is 2. The normalized spacial score (nSPS) is 46.5. The number of Topliss-reactive ketones (excluding diaryl/α,β-unsaturated/α-hetero) is 1. The highest BCUT2D eigenvalue weighted by molar-refractivity contribution is 5.82. The minimum Gasteiger partial charge on any atom is -0.390 e. The Morgan fingerprint density at radius 2 is 1.97 bits per heavy atom. The van der Waals surface area contributed by atoms with Crippen molar-refractivity contribution >= 4 is 5.78 Å². The second-order valence-electron chi connectivity index (χ2n) is 11.4. The Hall–Kier alpha value is -1.74. The highest BCUT2D eigenvalue weighted by atomic mass is 19.1. The Labute approximate surface area is 184 Å². The van der Waals surface area contributed by atoms with Gasteiger partial charge in [0.2, 0.25) is 0 Å². The maximum Gasteiger partial charge on any atom is 0.162 e. The topological polar surface area (TPSA) is 78.9 Å². The molecule has 0 spiro atoms. The monoisotopic (exact) mass is 427 g/mol. The molecular weight excluding hydrogens is 393 g/mol. The molecule has 4 aliphatic carbocycles. The third-order valence-corrected chi connectivity index (χ3v) is 9.71. The van der Waals surface area contributed by atoms with Gasteiger partial charge in [-0.1, -0.05) is 6.92 Å². The number of halogens is 1. The van der Waals surface area contributed by atoms with Crippen LogP contribution in [0.15, 0.2) is 12.3 Å². The summed E-state index contributed by atoms with van der Waals surface area (Å²) in [7, 11) is 0. The maximum absolute atomic E-state index is 15.4. The van der Waals surface area contributed by atoms with Gasteiger partial charge in [-0.15, -0.1) is 0 Å². The quantitative estimate of drug-likeness (QED) is 0.780. The van der Waals surface area contributed by atoms with E-state index in [1.54, 1.807) is 16.9 Å². The van der Waals surface area contributed by atoms with E-state index < -0.39 is 11.8 Å². The van der Waals surface area contributed by atoms with E-state index >= 15 is 4.39 Å². The molecule has 6 heteroatoms. The molecule has 4 fully saturated rings. The summed E-state index contributed by atoms with van der Waals surface area (Å²) in [5.74, 6) is 1.92. The van der Waals surface area contributed by atoms with E-state index in [1.165, 1.54) is 0 Å². The number of hydrogen-bond acceptors (Lipinski definition) is 4. The summed E-state index contributed by atoms with van der Waals surface area (Å²) in [6, 6.07) is 3.65. The molecule has 9 atom stereocenters. The number of fused-ring (bicyclic) bond motifs is 5. The number of carbonyl (C=O) groups is 1. The molecule has 168 valence electrons. The fourth-order valence-electron chi connectivity index (χ4n) is 8.31. The number of rotatable bonds is 3. The summed E-state index contributed by atoms with van der Waals surface area (Å²) in [5, 5.41) is 23.7. The van der Waals surface area contributed by atoms with Crippen molar-refractivity contribution in [3.63, 3.8) is 0 Å². The van der Waals surface area contributed by atoms with E-state index in [1.807, 2.05) is 13.0 Å². The van der Waals surface area contributed by atoms with Crippen LogP contribution >= 0.6 is 0 Å². The number of hydrogen-bond donors (Lipinski definition) is 1. The molecule has 31 heavy (non-hydrogen) atoms. The molecule has 0 unspecified atom stereocenters. The predicted molar refractivity (Wildman–Crippen MR) is 113 cm³/mol. The van der Waals surface area contributed by atoms with E-state index in [9.17, 15) is 9.90 Å². The van der Waals surface area contributed by atoms with E-state index in [-0.39, 0.29) is 29.6 Å². The van der Waals surface area contributed by atoms with Gasteiger partial charge in [-0.25, -0.2) is 4.39 Å². The average molecular weight is 428 g/mol. The first kappa shape index (κ1) is 21.1. The number of ketones is 1. The van der Waals surface area contributed by atoms with Crippen LogP contribution in [-0.2, 0) is 11.3 Å². The first-order valence-corrected chi connectivity index (χ1v) is 12.0. The minimum absolute atomic E-state index is 0.00216. The lowest BCUT2D eigenvalue weighted by atomic mass is 9.48. The van der Waals surface area contributed by atoms with Gasteiger partial charge in [0.25, 0.3) is 0 Å². The second-order valence-corrected chi connectivity index (χ2v) is 11.4. The average Bonchev–Trinajstić information content (AvgIpc) is 3.31. The lowest BCUT2D eigenvalue weighted by Gasteiger charge is -2.57. The van der Waals surface area contributed by atoms with Crippen molar-refractivity contribution in [1.29, 1.82) is 5.26 Å². The van der Waals surface area contributed by atoms with Gasteiger partial charge in [0, 0.05) is 12.1 Å². The maximum atomic E-state index is 15.4. The molecule has 5 nitrogen and oxygen atoms in total. The Morgan fingerprint density at radius 3 is 2.71 bits per heavy atom. The van der Waals surface area contributed by atoms with Crippen LogP contribution in [0.1, 0.15) is 70.9 Å². The zero-order chi connectivity index (χ0) is 22.0. The van der Waals surface area contributed by atoms with Crippen LogP contribution in [-0.4, -0.2) is 32.4 Å². The Balaban J connectivity index is 1.33. The van der Waals surface area contributed by atoms with Crippen LogP contribution in [0, 0.1) is 52.3 Å². The van der Waals surface area contributed by atoms with Gasteiger partial charge in [0.15, 0.2) is 11.5 Å². The smallest absolute Gasteiger partial charge is 0.162 e. The van der Waals surface area contributed by atoms with Gasteiger partial charge >= 0.3 is 0 Å². The van der Waals surface area contributed by atoms with Crippen molar-refractivity contribution in [2.45, 2.75) is 83.5 Å². The van der Waals surface area contributed by atoms with Gasteiger partial charge in [-0.3, -0.25) is 9.48 Å². The lowest BCUT2D eigenvalue weighted by molar-refractivity contribution is -0.139. The van der Waals surface area contributed by atoms with E-state index in [4.69, 9.17) is 5.26 Å². The van der Waals surface area contributed by atoms with Gasteiger partial charge in [-0.05, 0) is 99.4 Å². The Bertz CT molecular complexity index is 905. The van der Waals surface area contributed by atoms with Crippen LogP contribution in [0.4, 0.5) is 4.39 Å². The zero-order valence-corrected chi connectivity index (χ0v) is 18.6. The summed E-state index contributed by atoms with van der Waals surface area (Å²) >= 11 is 0. The number of carbonyl (C=O) groups excluding carboxylic acids is 1. The summed E-state index contributed by atoms with van der Waals surface area (Å²) in [6.07, 6.45) is 7.80. The van der Waals surface area contributed by atoms with Gasteiger partial charge in [-0.2, -0.15) is 10.4 Å². The minimum atomic E-state index is -0.830. The largest absolute Gasteiger partial charge is 0.390 e. The third-order valence-electron chi connectivity index (χ3n) is 9.71. The molecule has 1 aromatic heterocycles. The van der Waals surface area contributed by atoms with Crippen molar-refractivity contribution in [3.05, 3.63) is 18.0 Å². The van der Waals surface area contributed by atoms with Crippen molar-refractivity contribution < 1.29 is 14.3 Å². The summed E-state index contributed by atoms with van der Waals surface area (Å²) in [6.45, 7) is 4.36. The van der Waals surface area contributed by atoms with Crippen LogP contribution in [0.2, 0.25) is 0 Å². The zero-order valence-electron chi connectivity index (χ0n) is 18.6. The summed E-state index contributed by atoms with van der Waals surface area (Å²) < 4.78 is 17.0. The molecule has 0 radical (unpaired) electrons. The molecule has 5 rings (SSSR count). The Morgan fingerprint density at radius 1 is 1.23 bits per heavy atom. The third kappa shape index (κ3) is 3.44. The first-order chi connectivity index (χ1) is 14.7. The fraction of sp³-hybridized carbons (Fsp3) is 0.800. The number of alkyl halides is 1. The first-order valence-electron chi connectivity index (χ1n) is 12.0. The molecule has 1 heterocycles. The van der Waals surface area contributed by atoms with E-state index in [0.717, 1.165) is 38.5 Å². The van der Waals surface area contributed by atoms with Gasteiger partial charge in [0.1, 0.15) is 12.2 Å². The lowest BCUT2D eigenvalue weighted by Crippen LogP contribution is -2.54. The van der Waals surface area contributed by atoms with Crippen LogP contribution in [0.3, 0.4) is 0 Å². The van der Waals surface area contributed by atoms with Crippen molar-refractivity contribution in [3.8, 4) is 6.07 Å².